The summed E-state index contributed by atoms with van der Waals surface area (Å²) in [6.45, 7) is 5.88. The molecule has 0 saturated carbocycles. The SMILES string of the molecule is Cc1cc(CCCC(=O)N2CCC[C@H](N(C)CC(=O)O)CC2)c(C)s1. The number of thiophene rings is 1. The van der Waals surface area contributed by atoms with Crippen LogP contribution in [0.15, 0.2) is 6.07 Å². The minimum Gasteiger partial charge on any atom is -0.480 e. The molecule has 6 heteroatoms. The summed E-state index contributed by atoms with van der Waals surface area (Å²) in [7, 11) is 1.86. The van der Waals surface area contributed by atoms with Gasteiger partial charge < -0.3 is 10.0 Å². The van der Waals surface area contributed by atoms with E-state index in [4.69, 9.17) is 5.11 Å². The lowest BCUT2D eigenvalue weighted by molar-refractivity contribution is -0.138. The van der Waals surface area contributed by atoms with Gasteiger partial charge in [0.25, 0.3) is 0 Å². The van der Waals surface area contributed by atoms with Gasteiger partial charge in [0.2, 0.25) is 5.91 Å². The zero-order chi connectivity index (χ0) is 18.4. The van der Waals surface area contributed by atoms with Gasteiger partial charge in [-0.1, -0.05) is 0 Å². The van der Waals surface area contributed by atoms with E-state index in [9.17, 15) is 9.59 Å². The number of rotatable bonds is 7. The molecule has 0 radical (unpaired) electrons. The Labute approximate surface area is 154 Å². The van der Waals surface area contributed by atoms with Gasteiger partial charge in [0.1, 0.15) is 0 Å². The zero-order valence-electron chi connectivity index (χ0n) is 15.6. The van der Waals surface area contributed by atoms with Crippen molar-refractivity contribution in [1.29, 1.82) is 0 Å². The highest BCUT2D eigenvalue weighted by molar-refractivity contribution is 7.12. The third-order valence-electron chi connectivity index (χ3n) is 5.04. The Hall–Kier alpha value is -1.40. The minimum atomic E-state index is -0.793. The zero-order valence-corrected chi connectivity index (χ0v) is 16.4. The number of aryl methyl sites for hydroxylation is 3. The number of nitrogens with zero attached hydrogens (tertiary/aromatic N) is 2. The number of carboxylic acids is 1. The molecule has 1 aliphatic heterocycles. The number of amides is 1. The van der Waals surface area contributed by atoms with Gasteiger partial charge in [-0.05, 0) is 64.6 Å². The largest absolute Gasteiger partial charge is 0.480 e. The number of aliphatic carboxylic acids is 1. The van der Waals surface area contributed by atoms with Gasteiger partial charge in [-0.2, -0.15) is 0 Å². The Balaban J connectivity index is 1.76. The van der Waals surface area contributed by atoms with Gasteiger partial charge in [-0.15, -0.1) is 11.3 Å². The Kier molecular flexibility index (Phi) is 7.44. The lowest BCUT2D eigenvalue weighted by Crippen LogP contribution is -2.37. The van der Waals surface area contributed by atoms with E-state index >= 15 is 0 Å². The van der Waals surface area contributed by atoms with Gasteiger partial charge in [-0.3, -0.25) is 14.5 Å². The molecule has 0 aliphatic carbocycles. The smallest absolute Gasteiger partial charge is 0.317 e. The van der Waals surface area contributed by atoms with Crippen LogP contribution in [-0.4, -0.2) is 59.5 Å². The molecule has 0 unspecified atom stereocenters. The van der Waals surface area contributed by atoms with Gasteiger partial charge >= 0.3 is 5.97 Å². The van der Waals surface area contributed by atoms with E-state index in [-0.39, 0.29) is 18.5 Å². The molecule has 2 heterocycles. The van der Waals surface area contributed by atoms with E-state index in [1.807, 2.05) is 28.2 Å². The molecule has 1 aliphatic rings. The summed E-state index contributed by atoms with van der Waals surface area (Å²) in [5.41, 5.74) is 1.38. The fraction of sp³-hybridized carbons (Fsp3) is 0.684. The van der Waals surface area contributed by atoms with Crippen LogP contribution in [0.2, 0.25) is 0 Å². The normalized spacial score (nSPS) is 18.4. The van der Waals surface area contributed by atoms with Crippen molar-refractivity contribution in [2.45, 2.75) is 58.4 Å². The maximum absolute atomic E-state index is 12.5. The predicted octanol–water partition coefficient (Wildman–Crippen LogP) is 3.09. The molecule has 1 saturated heterocycles. The second kappa shape index (κ2) is 9.34. The van der Waals surface area contributed by atoms with E-state index in [1.54, 1.807) is 0 Å². The monoisotopic (exact) mass is 366 g/mol. The number of hydrogen-bond donors (Lipinski definition) is 1. The van der Waals surface area contributed by atoms with Crippen LogP contribution in [0, 0.1) is 13.8 Å². The number of hydrogen-bond acceptors (Lipinski definition) is 4. The average Bonchev–Trinajstić information content (AvgIpc) is 2.75. The second-order valence-corrected chi connectivity index (χ2v) is 8.53. The highest BCUT2D eigenvalue weighted by atomic mass is 32.1. The quantitative estimate of drug-likeness (QED) is 0.806. The van der Waals surface area contributed by atoms with Crippen molar-refractivity contribution in [2.75, 3.05) is 26.7 Å². The summed E-state index contributed by atoms with van der Waals surface area (Å²) < 4.78 is 0. The maximum atomic E-state index is 12.5. The van der Waals surface area contributed by atoms with Gasteiger partial charge in [0.15, 0.2) is 0 Å². The fourth-order valence-corrected chi connectivity index (χ4v) is 4.61. The summed E-state index contributed by atoms with van der Waals surface area (Å²) in [6, 6.07) is 2.49. The third-order valence-corrected chi connectivity index (χ3v) is 6.05. The van der Waals surface area contributed by atoms with Gasteiger partial charge in [-0.25, -0.2) is 0 Å². The Morgan fingerprint density at radius 2 is 2.08 bits per heavy atom. The molecule has 25 heavy (non-hydrogen) atoms. The van der Waals surface area contributed by atoms with E-state index in [1.165, 1.54) is 15.3 Å². The van der Waals surface area contributed by atoms with E-state index in [0.717, 1.165) is 45.2 Å². The first-order valence-corrected chi connectivity index (χ1v) is 9.94. The van der Waals surface area contributed by atoms with Gasteiger partial charge in [0.05, 0.1) is 6.54 Å². The predicted molar refractivity (Wildman–Crippen MR) is 101 cm³/mol. The van der Waals surface area contributed by atoms with Crippen LogP contribution in [0.1, 0.15) is 47.4 Å². The molecule has 1 amide bonds. The molecule has 1 N–H and O–H groups in total. The van der Waals surface area contributed by atoms with Crippen molar-refractivity contribution in [1.82, 2.24) is 9.80 Å². The lowest BCUT2D eigenvalue weighted by atomic mass is 10.1. The number of carbonyl (C=O) groups excluding carboxylic acids is 1. The van der Waals surface area contributed by atoms with Crippen LogP contribution < -0.4 is 0 Å². The molecule has 0 bridgehead atoms. The molecule has 5 nitrogen and oxygen atoms in total. The molecular weight excluding hydrogens is 336 g/mol. The summed E-state index contributed by atoms with van der Waals surface area (Å²) in [6.07, 6.45) is 5.24. The number of likely N-dealkylation sites (N-methyl/N-ethyl adjacent to an activating group) is 1. The molecule has 1 fully saturated rings. The van der Waals surface area contributed by atoms with E-state index < -0.39 is 5.97 Å². The Bertz CT molecular complexity index is 599. The van der Waals surface area contributed by atoms with Crippen LogP contribution in [0.5, 0.6) is 0 Å². The van der Waals surface area contributed by atoms with Crippen LogP contribution in [0.25, 0.3) is 0 Å². The fourth-order valence-electron chi connectivity index (χ4n) is 3.63. The number of carbonyl (C=O) groups is 2. The highest BCUT2D eigenvalue weighted by Gasteiger charge is 2.23. The molecular formula is C19H30N2O3S. The lowest BCUT2D eigenvalue weighted by Gasteiger charge is -2.25. The molecule has 2 rings (SSSR count). The molecule has 1 aromatic rings. The second-order valence-electron chi connectivity index (χ2n) is 7.07. The topological polar surface area (TPSA) is 60.9 Å². The number of carboxylic acid groups (broad SMARTS) is 1. The highest BCUT2D eigenvalue weighted by Crippen LogP contribution is 2.22. The van der Waals surface area contributed by atoms with Crippen molar-refractivity contribution >= 4 is 23.2 Å². The number of likely N-dealkylation sites (tertiary alicyclic amines) is 1. The van der Waals surface area contributed by atoms with Crippen molar-refractivity contribution in [3.8, 4) is 0 Å². The van der Waals surface area contributed by atoms with Crippen LogP contribution in [0.4, 0.5) is 0 Å². The van der Waals surface area contributed by atoms with Crippen LogP contribution in [-0.2, 0) is 16.0 Å². The molecule has 1 aromatic heterocycles. The summed E-state index contributed by atoms with van der Waals surface area (Å²) in [5.74, 6) is -0.551. The first-order valence-electron chi connectivity index (χ1n) is 9.12. The van der Waals surface area contributed by atoms with Crippen molar-refractivity contribution in [3.05, 3.63) is 21.4 Å². The average molecular weight is 367 g/mol. The summed E-state index contributed by atoms with van der Waals surface area (Å²) in [5, 5.41) is 8.93. The first kappa shape index (κ1) is 19.9. The maximum Gasteiger partial charge on any atom is 0.317 e. The van der Waals surface area contributed by atoms with E-state index in [2.05, 4.69) is 19.9 Å². The standard InChI is InChI=1S/C19H30N2O3S/c1-14-12-16(15(2)25-14)6-4-8-18(22)21-10-5-7-17(9-11-21)20(3)13-19(23)24/h12,17H,4-11,13H2,1-3H3,(H,23,24)/t17-/m0/s1. The van der Waals surface area contributed by atoms with E-state index in [0.29, 0.717) is 6.42 Å². The third kappa shape index (κ3) is 6.12. The van der Waals surface area contributed by atoms with Crippen LogP contribution >= 0.6 is 11.3 Å². The Morgan fingerprint density at radius 3 is 2.72 bits per heavy atom. The minimum absolute atomic E-state index is 0.0675. The van der Waals surface area contributed by atoms with Crippen LogP contribution in [0.3, 0.4) is 0 Å². The van der Waals surface area contributed by atoms with Gasteiger partial charge in [0, 0.05) is 35.3 Å². The first-order chi connectivity index (χ1) is 11.9. The summed E-state index contributed by atoms with van der Waals surface area (Å²) >= 11 is 1.82. The molecule has 0 spiro atoms. The molecule has 140 valence electrons. The molecule has 1 atom stereocenters. The van der Waals surface area contributed by atoms with Crippen molar-refractivity contribution in [3.63, 3.8) is 0 Å². The Morgan fingerprint density at radius 1 is 1.32 bits per heavy atom. The van der Waals surface area contributed by atoms with Crippen molar-refractivity contribution < 1.29 is 14.7 Å². The molecule has 0 aromatic carbocycles. The summed E-state index contributed by atoms with van der Waals surface area (Å²) in [4.78, 5) is 29.9. The van der Waals surface area contributed by atoms with Crippen molar-refractivity contribution in [2.24, 2.45) is 0 Å².